The highest BCUT2D eigenvalue weighted by Gasteiger charge is 2.63. The van der Waals surface area contributed by atoms with Crippen molar-refractivity contribution in [3.8, 4) is 0 Å². The summed E-state index contributed by atoms with van der Waals surface area (Å²) >= 11 is 0. The Hall–Kier alpha value is -0.520. The first-order valence-electron chi connectivity index (χ1n) is 7.33. The van der Waals surface area contributed by atoms with Crippen molar-refractivity contribution in [3.05, 3.63) is 23.3 Å². The molecule has 0 saturated heterocycles. The first-order chi connectivity index (χ1) is 7.92. The Kier molecular flexibility index (Phi) is 1.42. The van der Waals surface area contributed by atoms with Crippen LogP contribution in [0.3, 0.4) is 0 Å². The van der Waals surface area contributed by atoms with E-state index >= 15 is 0 Å². The zero-order valence-electron chi connectivity index (χ0n) is 9.86. The molecule has 0 N–H and O–H groups in total. The van der Waals surface area contributed by atoms with E-state index < -0.39 is 0 Å². The number of hydrogen-bond acceptors (Lipinski definition) is 0. The summed E-state index contributed by atoms with van der Waals surface area (Å²) in [6.45, 7) is 0. The van der Waals surface area contributed by atoms with Crippen LogP contribution in [-0.2, 0) is 0 Å². The summed E-state index contributed by atoms with van der Waals surface area (Å²) in [5, 5.41) is 0. The SMILES string of the molecule is C1=C2C=C3C4CC4C4CC4C3CC2CCC1. The lowest BCUT2D eigenvalue weighted by Gasteiger charge is -2.36. The van der Waals surface area contributed by atoms with E-state index in [0.717, 1.165) is 29.6 Å². The van der Waals surface area contributed by atoms with Crippen LogP contribution >= 0.6 is 0 Å². The molecule has 5 rings (SSSR count). The summed E-state index contributed by atoms with van der Waals surface area (Å²) in [6, 6.07) is 0. The molecule has 5 aliphatic carbocycles. The molecule has 0 bridgehead atoms. The van der Waals surface area contributed by atoms with Gasteiger partial charge >= 0.3 is 0 Å². The van der Waals surface area contributed by atoms with Crippen LogP contribution in [-0.4, -0.2) is 0 Å². The van der Waals surface area contributed by atoms with Gasteiger partial charge in [-0.2, -0.15) is 0 Å². The van der Waals surface area contributed by atoms with E-state index in [9.17, 15) is 0 Å². The fourth-order valence-electron chi connectivity index (χ4n) is 5.20. The minimum Gasteiger partial charge on any atom is -0.0810 e. The Labute approximate surface area is 97.8 Å². The van der Waals surface area contributed by atoms with Crippen LogP contribution in [0.4, 0.5) is 0 Å². The number of rotatable bonds is 0. The summed E-state index contributed by atoms with van der Waals surface area (Å²) < 4.78 is 0. The van der Waals surface area contributed by atoms with Crippen LogP contribution in [0.15, 0.2) is 23.3 Å². The van der Waals surface area contributed by atoms with Gasteiger partial charge in [0.05, 0.1) is 0 Å². The predicted molar refractivity (Wildman–Crippen MR) is 64.8 cm³/mol. The molecule has 0 nitrogen and oxygen atoms in total. The molecule has 0 aromatic carbocycles. The van der Waals surface area contributed by atoms with Crippen molar-refractivity contribution >= 4 is 0 Å². The van der Waals surface area contributed by atoms with Gasteiger partial charge in [0.2, 0.25) is 0 Å². The van der Waals surface area contributed by atoms with Crippen LogP contribution in [0.2, 0.25) is 0 Å². The molecule has 0 heterocycles. The average Bonchev–Trinajstić information content (AvgIpc) is 3.16. The van der Waals surface area contributed by atoms with E-state index in [1.54, 1.807) is 18.4 Å². The van der Waals surface area contributed by atoms with Gasteiger partial charge in [-0.1, -0.05) is 17.7 Å². The first-order valence-corrected chi connectivity index (χ1v) is 7.33. The van der Waals surface area contributed by atoms with Gasteiger partial charge in [0.1, 0.15) is 0 Å². The molecule has 84 valence electrons. The molecular weight excluding hydrogens is 192 g/mol. The standard InChI is InChI=1S/C16H20/c1-2-4-10-6-12-11(5-9(10)3-1)13-7-15(13)16-8-14(12)16/h3,5,10,12-16H,1-2,4,6-8H2. The maximum atomic E-state index is 2.66. The van der Waals surface area contributed by atoms with Gasteiger partial charge in [-0.15, -0.1) is 0 Å². The van der Waals surface area contributed by atoms with E-state index in [1.807, 2.05) is 5.57 Å². The molecule has 6 atom stereocenters. The van der Waals surface area contributed by atoms with Gasteiger partial charge in [-0.3, -0.25) is 0 Å². The summed E-state index contributed by atoms with van der Waals surface area (Å²) in [5.41, 5.74) is 3.65. The molecule has 3 fully saturated rings. The second kappa shape index (κ2) is 2.66. The number of hydrogen-bond donors (Lipinski definition) is 0. The molecule has 0 amide bonds. The summed E-state index contributed by atoms with van der Waals surface area (Å²) in [5.74, 6) is 6.51. The van der Waals surface area contributed by atoms with Gasteiger partial charge in [-0.25, -0.2) is 0 Å². The van der Waals surface area contributed by atoms with Gasteiger partial charge in [0, 0.05) is 0 Å². The molecule has 0 heteroatoms. The van der Waals surface area contributed by atoms with Crippen molar-refractivity contribution in [2.24, 2.45) is 35.5 Å². The van der Waals surface area contributed by atoms with Gasteiger partial charge in [-0.05, 0) is 79.6 Å². The summed E-state index contributed by atoms with van der Waals surface area (Å²) in [4.78, 5) is 0. The van der Waals surface area contributed by atoms with Gasteiger partial charge in [0.25, 0.3) is 0 Å². The average molecular weight is 212 g/mol. The summed E-state index contributed by atoms with van der Waals surface area (Å²) in [7, 11) is 0. The molecule has 0 aromatic heterocycles. The van der Waals surface area contributed by atoms with Crippen LogP contribution in [0, 0.1) is 35.5 Å². The Morgan fingerprint density at radius 1 is 0.938 bits per heavy atom. The zero-order chi connectivity index (χ0) is 10.3. The van der Waals surface area contributed by atoms with E-state index in [-0.39, 0.29) is 0 Å². The van der Waals surface area contributed by atoms with E-state index in [4.69, 9.17) is 0 Å². The van der Waals surface area contributed by atoms with E-state index in [2.05, 4.69) is 12.2 Å². The molecule has 0 aromatic rings. The second-order valence-corrected chi connectivity index (χ2v) is 6.89. The number of fused-ring (bicyclic) bond motifs is 7. The molecule has 0 radical (unpaired) electrons. The first kappa shape index (κ1) is 8.55. The molecular formula is C16H20. The zero-order valence-corrected chi connectivity index (χ0v) is 9.86. The topological polar surface area (TPSA) is 0 Å². The summed E-state index contributed by atoms with van der Waals surface area (Å²) in [6.07, 6.45) is 14.2. The van der Waals surface area contributed by atoms with Crippen molar-refractivity contribution in [2.75, 3.05) is 0 Å². The van der Waals surface area contributed by atoms with Crippen molar-refractivity contribution < 1.29 is 0 Å². The minimum absolute atomic E-state index is 0.957. The molecule has 16 heavy (non-hydrogen) atoms. The molecule has 3 saturated carbocycles. The highest BCUT2D eigenvalue weighted by molar-refractivity contribution is 5.40. The van der Waals surface area contributed by atoms with Crippen LogP contribution in [0.5, 0.6) is 0 Å². The minimum atomic E-state index is 0.957. The third-order valence-corrected chi connectivity index (χ3v) is 6.13. The number of allylic oxidation sites excluding steroid dienone is 4. The van der Waals surface area contributed by atoms with E-state index in [1.165, 1.54) is 31.6 Å². The Balaban J connectivity index is 1.59. The van der Waals surface area contributed by atoms with Crippen molar-refractivity contribution in [3.63, 3.8) is 0 Å². The van der Waals surface area contributed by atoms with Crippen molar-refractivity contribution in [1.82, 2.24) is 0 Å². The van der Waals surface area contributed by atoms with Crippen LogP contribution in [0.1, 0.15) is 38.5 Å². The monoisotopic (exact) mass is 212 g/mol. The van der Waals surface area contributed by atoms with Crippen molar-refractivity contribution in [2.45, 2.75) is 38.5 Å². The lowest BCUT2D eigenvalue weighted by atomic mass is 9.69. The highest BCUT2D eigenvalue weighted by Crippen LogP contribution is 2.71. The maximum Gasteiger partial charge on any atom is -0.0159 e. The molecule has 0 aliphatic heterocycles. The van der Waals surface area contributed by atoms with E-state index in [0.29, 0.717) is 0 Å². The lowest BCUT2D eigenvalue weighted by molar-refractivity contribution is 0.318. The Morgan fingerprint density at radius 3 is 2.81 bits per heavy atom. The highest BCUT2D eigenvalue weighted by atomic mass is 14.7. The third kappa shape index (κ3) is 0.972. The quantitative estimate of drug-likeness (QED) is 0.570. The lowest BCUT2D eigenvalue weighted by Crippen LogP contribution is -2.25. The van der Waals surface area contributed by atoms with Crippen molar-refractivity contribution in [1.29, 1.82) is 0 Å². The van der Waals surface area contributed by atoms with Crippen LogP contribution in [0.25, 0.3) is 0 Å². The third-order valence-electron chi connectivity index (χ3n) is 6.13. The fraction of sp³-hybridized carbons (Fsp3) is 0.750. The normalized spacial score (nSPS) is 56.0. The maximum absolute atomic E-state index is 2.66. The largest absolute Gasteiger partial charge is 0.0810 e. The predicted octanol–water partition coefficient (Wildman–Crippen LogP) is 3.95. The Morgan fingerprint density at radius 2 is 1.81 bits per heavy atom. The molecule has 5 aliphatic rings. The van der Waals surface area contributed by atoms with Gasteiger partial charge < -0.3 is 0 Å². The molecule has 0 spiro atoms. The Bertz CT molecular complexity index is 414. The van der Waals surface area contributed by atoms with Gasteiger partial charge in [0.15, 0.2) is 0 Å². The second-order valence-electron chi connectivity index (χ2n) is 6.89. The molecule has 6 unspecified atom stereocenters. The fourth-order valence-corrected chi connectivity index (χ4v) is 5.20. The smallest absolute Gasteiger partial charge is 0.0159 e. The van der Waals surface area contributed by atoms with Crippen LogP contribution < -0.4 is 0 Å².